The van der Waals surface area contributed by atoms with Crippen LogP contribution in [-0.4, -0.2) is 50.0 Å². The quantitative estimate of drug-likeness (QED) is 0.310. The van der Waals surface area contributed by atoms with Gasteiger partial charge in [0.05, 0.1) is 11.9 Å². The van der Waals surface area contributed by atoms with Crippen LogP contribution in [-0.2, 0) is 32.6 Å². The van der Waals surface area contributed by atoms with Crippen LogP contribution in [0.5, 0.6) is 0 Å². The number of carbonyl (C=O) groups is 2. The molecule has 0 aliphatic carbocycles. The van der Waals surface area contributed by atoms with E-state index in [1.54, 1.807) is 42.5 Å². The van der Waals surface area contributed by atoms with Gasteiger partial charge in [-0.15, -0.1) is 0 Å². The first-order chi connectivity index (χ1) is 18.5. The second-order valence-electron chi connectivity index (χ2n) is 9.39. The van der Waals surface area contributed by atoms with Gasteiger partial charge in [-0.1, -0.05) is 84.7 Å². The molecule has 7 nitrogen and oxygen atoms in total. The van der Waals surface area contributed by atoms with Crippen molar-refractivity contribution in [3.63, 3.8) is 0 Å². The lowest BCUT2D eigenvalue weighted by Gasteiger charge is -2.34. The van der Waals surface area contributed by atoms with Gasteiger partial charge in [0, 0.05) is 29.1 Å². The van der Waals surface area contributed by atoms with Gasteiger partial charge in [0.25, 0.3) is 0 Å². The largest absolute Gasteiger partial charge is 0.352 e. The van der Waals surface area contributed by atoms with E-state index >= 15 is 0 Å². The molecular formula is C29H33Cl2N3O4S. The molecule has 2 atom stereocenters. The summed E-state index contributed by atoms with van der Waals surface area (Å²) in [5.41, 5.74) is 1.74. The summed E-state index contributed by atoms with van der Waals surface area (Å²) in [4.78, 5) is 29.1. The zero-order chi connectivity index (χ0) is 28.6. The Kier molecular flexibility index (Phi) is 10.8. The third kappa shape index (κ3) is 8.71. The molecule has 0 aliphatic heterocycles. The van der Waals surface area contributed by atoms with Gasteiger partial charge in [-0.25, -0.2) is 8.42 Å². The van der Waals surface area contributed by atoms with E-state index in [2.05, 4.69) is 5.32 Å². The Labute approximate surface area is 240 Å². The third-order valence-electron chi connectivity index (χ3n) is 6.35. The minimum atomic E-state index is -3.87. The summed E-state index contributed by atoms with van der Waals surface area (Å²) in [5.74, 6) is -0.886. The van der Waals surface area contributed by atoms with Crippen LogP contribution in [0.3, 0.4) is 0 Å². The average Bonchev–Trinajstić information content (AvgIpc) is 2.89. The van der Waals surface area contributed by atoms with E-state index in [0.717, 1.165) is 16.1 Å². The summed E-state index contributed by atoms with van der Waals surface area (Å²) in [7, 11) is -3.87. The van der Waals surface area contributed by atoms with Crippen molar-refractivity contribution < 1.29 is 18.0 Å². The molecule has 2 amide bonds. The van der Waals surface area contributed by atoms with Crippen LogP contribution in [0.1, 0.15) is 31.4 Å². The Morgan fingerprint density at radius 2 is 1.62 bits per heavy atom. The van der Waals surface area contributed by atoms with Gasteiger partial charge >= 0.3 is 0 Å². The number of carbonyl (C=O) groups excluding carboxylic acids is 2. The van der Waals surface area contributed by atoms with Gasteiger partial charge in [-0.05, 0) is 48.7 Å². The number of halogens is 2. The molecule has 3 rings (SSSR count). The highest BCUT2D eigenvalue weighted by Gasteiger charge is 2.33. The normalized spacial score (nSPS) is 12.8. The fourth-order valence-electron chi connectivity index (χ4n) is 4.05. The molecular weight excluding hydrogens is 557 g/mol. The lowest BCUT2D eigenvalue weighted by atomic mass is 10.0. The molecule has 0 unspecified atom stereocenters. The van der Waals surface area contributed by atoms with Gasteiger partial charge in [-0.2, -0.15) is 0 Å². The molecule has 0 spiro atoms. The Hall–Kier alpha value is -3.07. The Morgan fingerprint density at radius 3 is 2.23 bits per heavy atom. The van der Waals surface area contributed by atoms with Crippen molar-refractivity contribution in [1.82, 2.24) is 10.2 Å². The van der Waals surface area contributed by atoms with Crippen LogP contribution in [0.25, 0.3) is 0 Å². The standard InChI is InChI=1S/C29H33Cl2N3O4S/c1-4-21(2)32-29(36)27(17-22-11-6-5-7-12-22)33(19-23-13-8-9-16-26(23)31)28(35)20-34(39(3,37)38)25-15-10-14-24(30)18-25/h5-16,18,21,27H,4,17,19-20H2,1-3H3,(H,32,36)/t21-,27-/m1/s1. The number of hydrogen-bond donors (Lipinski definition) is 1. The number of amides is 2. The molecule has 0 saturated heterocycles. The fourth-order valence-corrected chi connectivity index (χ4v) is 5.27. The molecule has 0 bridgehead atoms. The molecule has 0 heterocycles. The van der Waals surface area contributed by atoms with Crippen molar-refractivity contribution in [3.05, 3.63) is 100 Å². The maximum atomic E-state index is 14.0. The van der Waals surface area contributed by atoms with Gasteiger partial charge in [0.1, 0.15) is 12.6 Å². The molecule has 0 radical (unpaired) electrons. The molecule has 208 valence electrons. The van der Waals surface area contributed by atoms with Crippen LogP contribution in [0.15, 0.2) is 78.9 Å². The highest BCUT2D eigenvalue weighted by Crippen LogP contribution is 2.24. The van der Waals surface area contributed by atoms with Crippen molar-refractivity contribution in [2.24, 2.45) is 0 Å². The molecule has 3 aromatic rings. The van der Waals surface area contributed by atoms with Gasteiger partial charge in [0.2, 0.25) is 21.8 Å². The summed E-state index contributed by atoms with van der Waals surface area (Å²) in [6.45, 7) is 3.34. The second-order valence-corrected chi connectivity index (χ2v) is 12.1. The average molecular weight is 591 g/mol. The topological polar surface area (TPSA) is 86.8 Å². The van der Waals surface area contributed by atoms with Gasteiger partial charge < -0.3 is 10.2 Å². The van der Waals surface area contributed by atoms with Crippen LogP contribution >= 0.6 is 23.2 Å². The fraction of sp³-hybridized carbons (Fsp3) is 0.310. The summed E-state index contributed by atoms with van der Waals surface area (Å²) in [6, 6.07) is 21.7. The number of anilines is 1. The minimum absolute atomic E-state index is 0.0110. The molecule has 10 heteroatoms. The maximum Gasteiger partial charge on any atom is 0.244 e. The van der Waals surface area contributed by atoms with Crippen LogP contribution in [0.4, 0.5) is 5.69 Å². The molecule has 1 N–H and O–H groups in total. The van der Waals surface area contributed by atoms with Gasteiger partial charge in [0.15, 0.2) is 0 Å². The minimum Gasteiger partial charge on any atom is -0.352 e. The summed E-state index contributed by atoms with van der Waals surface area (Å²) in [6.07, 6.45) is 1.96. The van der Waals surface area contributed by atoms with E-state index in [1.165, 1.54) is 11.0 Å². The van der Waals surface area contributed by atoms with Crippen molar-refractivity contribution in [2.45, 2.75) is 45.3 Å². The highest BCUT2D eigenvalue weighted by atomic mass is 35.5. The van der Waals surface area contributed by atoms with Crippen molar-refractivity contribution in [3.8, 4) is 0 Å². The van der Waals surface area contributed by atoms with Crippen molar-refractivity contribution in [1.29, 1.82) is 0 Å². The summed E-state index contributed by atoms with van der Waals surface area (Å²) in [5, 5.41) is 3.76. The first-order valence-electron chi connectivity index (χ1n) is 12.6. The lowest BCUT2D eigenvalue weighted by Crippen LogP contribution is -2.54. The summed E-state index contributed by atoms with van der Waals surface area (Å²) < 4.78 is 26.6. The molecule has 0 fully saturated rings. The van der Waals surface area contributed by atoms with E-state index in [1.807, 2.05) is 44.2 Å². The van der Waals surface area contributed by atoms with E-state index < -0.39 is 28.5 Å². The maximum absolute atomic E-state index is 14.0. The molecule has 39 heavy (non-hydrogen) atoms. The number of sulfonamides is 1. The smallest absolute Gasteiger partial charge is 0.244 e. The Bertz CT molecular complexity index is 1390. The SMILES string of the molecule is CC[C@@H](C)NC(=O)[C@@H](Cc1ccccc1)N(Cc1ccccc1Cl)C(=O)CN(c1cccc(Cl)c1)S(C)(=O)=O. The first-order valence-corrected chi connectivity index (χ1v) is 15.2. The monoisotopic (exact) mass is 589 g/mol. The van der Waals surface area contributed by atoms with E-state index in [4.69, 9.17) is 23.2 Å². The third-order valence-corrected chi connectivity index (χ3v) is 8.09. The molecule has 0 aliphatic rings. The number of hydrogen-bond acceptors (Lipinski definition) is 4. The molecule has 3 aromatic carbocycles. The molecule has 0 aromatic heterocycles. The van der Waals surface area contributed by atoms with Crippen molar-refractivity contribution >= 4 is 50.7 Å². The summed E-state index contributed by atoms with van der Waals surface area (Å²) >= 11 is 12.6. The number of benzene rings is 3. The number of rotatable bonds is 12. The zero-order valence-electron chi connectivity index (χ0n) is 22.2. The highest BCUT2D eigenvalue weighted by molar-refractivity contribution is 7.92. The van der Waals surface area contributed by atoms with Gasteiger partial charge in [-0.3, -0.25) is 13.9 Å². The predicted molar refractivity (Wildman–Crippen MR) is 157 cm³/mol. The second kappa shape index (κ2) is 13.8. The van der Waals surface area contributed by atoms with Crippen LogP contribution in [0.2, 0.25) is 10.0 Å². The zero-order valence-corrected chi connectivity index (χ0v) is 24.5. The number of nitrogens with zero attached hydrogens (tertiary/aromatic N) is 2. The number of nitrogens with one attached hydrogen (secondary N) is 1. The van der Waals surface area contributed by atoms with Crippen LogP contribution < -0.4 is 9.62 Å². The molecule has 0 saturated carbocycles. The van der Waals surface area contributed by atoms with E-state index in [9.17, 15) is 18.0 Å². The van der Waals surface area contributed by atoms with Crippen LogP contribution in [0, 0.1) is 0 Å². The Balaban J connectivity index is 2.07. The Morgan fingerprint density at radius 1 is 0.949 bits per heavy atom. The first kappa shape index (κ1) is 30.5. The van der Waals surface area contributed by atoms with Crippen molar-refractivity contribution in [2.75, 3.05) is 17.1 Å². The lowest BCUT2D eigenvalue weighted by molar-refractivity contribution is -0.140. The predicted octanol–water partition coefficient (Wildman–Crippen LogP) is 5.31. The van der Waals surface area contributed by atoms with E-state index in [-0.39, 0.29) is 30.6 Å². The van der Waals surface area contributed by atoms with E-state index in [0.29, 0.717) is 22.0 Å².